The summed E-state index contributed by atoms with van der Waals surface area (Å²) in [5.74, 6) is 0. The van der Waals surface area contributed by atoms with Gasteiger partial charge in [0.2, 0.25) is 0 Å². The molecule has 1 amide bonds. The van der Waals surface area contributed by atoms with Gasteiger partial charge >= 0.3 is 6.09 Å². The molecule has 2 heterocycles. The van der Waals surface area contributed by atoms with Crippen molar-refractivity contribution in [1.82, 2.24) is 5.32 Å². The summed E-state index contributed by atoms with van der Waals surface area (Å²) in [6, 6.07) is 14.7. The second-order valence-corrected chi connectivity index (χ2v) is 5.78. The van der Waals surface area contributed by atoms with Gasteiger partial charge in [-0.05, 0) is 34.9 Å². The Hall–Kier alpha value is -2.37. The summed E-state index contributed by atoms with van der Waals surface area (Å²) in [6.07, 6.45) is -0.393. The van der Waals surface area contributed by atoms with E-state index in [4.69, 9.17) is 9.47 Å². The monoisotopic (exact) mass is 310 g/mol. The summed E-state index contributed by atoms with van der Waals surface area (Å²) in [6.45, 7) is 2.66. The number of ether oxygens (including phenoxy) is 2. The minimum atomic E-state index is -0.393. The highest BCUT2D eigenvalue weighted by Gasteiger charge is 2.18. The van der Waals surface area contributed by atoms with Gasteiger partial charge in [-0.15, -0.1) is 0 Å². The van der Waals surface area contributed by atoms with E-state index in [1.807, 2.05) is 12.1 Å². The smallest absolute Gasteiger partial charge is 0.411 e. The lowest BCUT2D eigenvalue weighted by atomic mass is 9.97. The third-order valence-electron chi connectivity index (χ3n) is 4.24. The maximum atomic E-state index is 11.2. The molecule has 1 saturated heterocycles. The Morgan fingerprint density at radius 3 is 2.87 bits per heavy atom. The molecule has 2 aromatic carbocycles. The summed E-state index contributed by atoms with van der Waals surface area (Å²) < 4.78 is 10.6. The van der Waals surface area contributed by atoms with E-state index in [2.05, 4.69) is 41.0 Å². The van der Waals surface area contributed by atoms with Gasteiger partial charge in [-0.2, -0.15) is 0 Å². The van der Waals surface area contributed by atoms with Crippen LogP contribution in [0.15, 0.2) is 42.5 Å². The zero-order valence-electron chi connectivity index (χ0n) is 12.7. The minimum absolute atomic E-state index is 0.240. The van der Waals surface area contributed by atoms with Crippen molar-refractivity contribution < 1.29 is 14.3 Å². The van der Waals surface area contributed by atoms with Crippen LogP contribution in [0.5, 0.6) is 0 Å². The van der Waals surface area contributed by atoms with Crippen molar-refractivity contribution in [3.8, 4) is 11.1 Å². The first-order valence-corrected chi connectivity index (χ1v) is 7.78. The number of hydrogen-bond acceptors (Lipinski definition) is 4. The molecular weight excluding hydrogens is 292 g/mol. The van der Waals surface area contributed by atoms with Crippen LogP contribution in [0, 0.1) is 0 Å². The third kappa shape index (κ3) is 2.93. The van der Waals surface area contributed by atoms with Crippen LogP contribution < -0.4 is 10.6 Å². The van der Waals surface area contributed by atoms with Gasteiger partial charge < -0.3 is 14.8 Å². The van der Waals surface area contributed by atoms with Gasteiger partial charge in [-0.1, -0.05) is 24.3 Å². The molecule has 4 rings (SSSR count). The van der Waals surface area contributed by atoms with Crippen molar-refractivity contribution >= 4 is 11.8 Å². The summed E-state index contributed by atoms with van der Waals surface area (Å²) >= 11 is 0. The molecule has 0 saturated carbocycles. The lowest BCUT2D eigenvalue weighted by molar-refractivity contribution is 0.0769. The van der Waals surface area contributed by atoms with Crippen molar-refractivity contribution in [2.75, 3.05) is 25.1 Å². The van der Waals surface area contributed by atoms with Gasteiger partial charge in [0.15, 0.2) is 0 Å². The SMILES string of the molecule is O=C1Nc2ccc(-c3cccc(C4COCCN4)c3)cc2CO1. The van der Waals surface area contributed by atoms with E-state index in [0.29, 0.717) is 13.2 Å². The van der Waals surface area contributed by atoms with Gasteiger partial charge in [-0.3, -0.25) is 5.32 Å². The molecule has 0 spiro atoms. The molecule has 0 radical (unpaired) electrons. The number of morpholine rings is 1. The van der Waals surface area contributed by atoms with Gasteiger partial charge in [0.25, 0.3) is 0 Å². The Bertz CT molecular complexity index is 739. The topological polar surface area (TPSA) is 59.6 Å². The fraction of sp³-hybridized carbons (Fsp3) is 0.278. The van der Waals surface area contributed by atoms with E-state index >= 15 is 0 Å². The quantitative estimate of drug-likeness (QED) is 0.895. The molecule has 1 fully saturated rings. The highest BCUT2D eigenvalue weighted by atomic mass is 16.5. The number of anilines is 1. The van der Waals surface area contributed by atoms with Crippen LogP contribution in [0.1, 0.15) is 17.2 Å². The standard InChI is InChI=1S/C18H18N2O3/c21-18-20-16-5-4-13(9-15(16)10-23-18)12-2-1-3-14(8-12)17-11-22-7-6-19-17/h1-5,8-9,17,19H,6-7,10-11H2,(H,20,21). The van der Waals surface area contributed by atoms with E-state index < -0.39 is 6.09 Å². The third-order valence-corrected chi connectivity index (χ3v) is 4.24. The fourth-order valence-corrected chi connectivity index (χ4v) is 3.02. The maximum Gasteiger partial charge on any atom is 0.411 e. The minimum Gasteiger partial charge on any atom is -0.444 e. The van der Waals surface area contributed by atoms with Crippen LogP contribution in [-0.2, 0) is 16.1 Å². The molecule has 2 aliphatic heterocycles. The molecular formula is C18H18N2O3. The summed E-state index contributed by atoms with van der Waals surface area (Å²) in [5, 5.41) is 6.19. The Balaban J connectivity index is 1.64. The lowest BCUT2D eigenvalue weighted by Crippen LogP contribution is -2.34. The summed E-state index contributed by atoms with van der Waals surface area (Å²) in [4.78, 5) is 11.2. The average molecular weight is 310 g/mol. The first-order valence-electron chi connectivity index (χ1n) is 7.78. The molecule has 2 aromatic rings. The molecule has 0 aromatic heterocycles. The number of benzene rings is 2. The largest absolute Gasteiger partial charge is 0.444 e. The molecule has 1 unspecified atom stereocenters. The zero-order chi connectivity index (χ0) is 15.6. The predicted octanol–water partition coefficient (Wildman–Crippen LogP) is 3.08. The van der Waals surface area contributed by atoms with Crippen LogP contribution in [0.25, 0.3) is 11.1 Å². The molecule has 5 heteroatoms. The molecule has 118 valence electrons. The number of rotatable bonds is 2. The van der Waals surface area contributed by atoms with Crippen LogP contribution in [0.2, 0.25) is 0 Å². The van der Waals surface area contributed by atoms with Crippen LogP contribution in [-0.4, -0.2) is 25.9 Å². The zero-order valence-corrected chi connectivity index (χ0v) is 12.7. The number of cyclic esters (lactones) is 1. The van der Waals surface area contributed by atoms with E-state index in [-0.39, 0.29) is 6.04 Å². The molecule has 5 nitrogen and oxygen atoms in total. The molecule has 1 atom stereocenters. The van der Waals surface area contributed by atoms with Crippen molar-refractivity contribution in [2.24, 2.45) is 0 Å². The van der Waals surface area contributed by atoms with Gasteiger partial charge in [0, 0.05) is 12.1 Å². The van der Waals surface area contributed by atoms with E-state index in [9.17, 15) is 4.79 Å². The van der Waals surface area contributed by atoms with Gasteiger partial charge in [0.1, 0.15) is 6.61 Å². The highest BCUT2D eigenvalue weighted by Crippen LogP contribution is 2.29. The molecule has 2 aliphatic rings. The van der Waals surface area contributed by atoms with E-state index in [1.54, 1.807) is 0 Å². The van der Waals surface area contributed by atoms with Crippen LogP contribution in [0.4, 0.5) is 10.5 Å². The molecule has 0 bridgehead atoms. The Labute approximate surface area is 134 Å². The second kappa shape index (κ2) is 6.02. The first kappa shape index (κ1) is 14.2. The molecule has 2 N–H and O–H groups in total. The number of carbonyl (C=O) groups excluding carboxylic acids is 1. The van der Waals surface area contributed by atoms with Crippen LogP contribution >= 0.6 is 0 Å². The van der Waals surface area contributed by atoms with E-state index in [0.717, 1.165) is 35.5 Å². The molecule has 0 aliphatic carbocycles. The Morgan fingerprint density at radius 1 is 1.09 bits per heavy atom. The number of nitrogens with one attached hydrogen (secondary N) is 2. The highest BCUT2D eigenvalue weighted by molar-refractivity contribution is 5.88. The van der Waals surface area contributed by atoms with Crippen molar-refractivity contribution in [3.63, 3.8) is 0 Å². The fourth-order valence-electron chi connectivity index (χ4n) is 3.02. The lowest BCUT2D eigenvalue weighted by Gasteiger charge is -2.24. The number of amides is 1. The van der Waals surface area contributed by atoms with Crippen molar-refractivity contribution in [3.05, 3.63) is 53.6 Å². The van der Waals surface area contributed by atoms with Crippen LogP contribution in [0.3, 0.4) is 0 Å². The number of fused-ring (bicyclic) bond motifs is 1. The van der Waals surface area contributed by atoms with Gasteiger partial charge in [-0.25, -0.2) is 4.79 Å². The predicted molar refractivity (Wildman–Crippen MR) is 87.2 cm³/mol. The Kier molecular flexibility index (Phi) is 3.73. The second-order valence-electron chi connectivity index (χ2n) is 5.78. The maximum absolute atomic E-state index is 11.2. The van der Waals surface area contributed by atoms with E-state index in [1.165, 1.54) is 5.56 Å². The van der Waals surface area contributed by atoms with Crippen molar-refractivity contribution in [2.45, 2.75) is 12.6 Å². The first-order chi connectivity index (χ1) is 11.3. The summed E-state index contributed by atoms with van der Waals surface area (Å²) in [5.41, 5.74) is 5.30. The number of hydrogen-bond donors (Lipinski definition) is 2. The average Bonchev–Trinajstić information content (AvgIpc) is 2.62. The van der Waals surface area contributed by atoms with Crippen molar-refractivity contribution in [1.29, 1.82) is 0 Å². The summed E-state index contributed by atoms with van der Waals surface area (Å²) in [7, 11) is 0. The number of carbonyl (C=O) groups is 1. The van der Waals surface area contributed by atoms with Gasteiger partial charge in [0.05, 0.1) is 24.9 Å². The Morgan fingerprint density at radius 2 is 2.00 bits per heavy atom. The normalized spacial score (nSPS) is 20.3. The molecule has 23 heavy (non-hydrogen) atoms.